The summed E-state index contributed by atoms with van der Waals surface area (Å²) in [5.41, 5.74) is 8.65. The first-order chi connectivity index (χ1) is 18.4. The number of hydrogen-bond donors (Lipinski definition) is 3. The quantitative estimate of drug-likeness (QED) is 0.170. The van der Waals surface area contributed by atoms with Crippen LogP contribution in [-0.4, -0.2) is 52.3 Å². The summed E-state index contributed by atoms with van der Waals surface area (Å²) in [6.07, 6.45) is 6.75. The first-order valence-electron chi connectivity index (χ1n) is 12.7. The molecule has 198 valence electrons. The van der Waals surface area contributed by atoms with Crippen molar-refractivity contribution in [1.82, 2.24) is 9.88 Å². The van der Waals surface area contributed by atoms with E-state index in [0.29, 0.717) is 41.7 Å². The van der Waals surface area contributed by atoms with Crippen LogP contribution in [0.15, 0.2) is 72.0 Å². The maximum Gasteiger partial charge on any atom is 0.226 e. The molecule has 0 saturated carbocycles. The number of likely N-dealkylation sites (tertiary alicyclic amines) is 1. The van der Waals surface area contributed by atoms with E-state index in [1.807, 2.05) is 54.6 Å². The minimum atomic E-state index is -0.812. The summed E-state index contributed by atoms with van der Waals surface area (Å²) in [4.78, 5) is 6.86. The molecule has 0 amide bonds. The van der Waals surface area contributed by atoms with Crippen molar-refractivity contribution in [3.8, 4) is 17.4 Å². The van der Waals surface area contributed by atoms with Crippen molar-refractivity contribution in [3.63, 3.8) is 0 Å². The van der Waals surface area contributed by atoms with E-state index in [1.165, 1.54) is 0 Å². The number of halogens is 1. The van der Waals surface area contributed by atoms with E-state index in [0.717, 1.165) is 48.3 Å². The molecule has 0 aliphatic carbocycles. The van der Waals surface area contributed by atoms with Crippen molar-refractivity contribution in [2.24, 2.45) is 10.9 Å². The number of fused-ring (bicyclic) bond motifs is 2. The molecule has 38 heavy (non-hydrogen) atoms. The lowest BCUT2D eigenvalue weighted by atomic mass is 9.84. The van der Waals surface area contributed by atoms with Gasteiger partial charge in [-0.25, -0.2) is 4.98 Å². The molecule has 2 aromatic carbocycles. The fraction of sp³-hybridized carbons (Fsp3) is 0.310. The van der Waals surface area contributed by atoms with Gasteiger partial charge in [0.2, 0.25) is 5.88 Å². The van der Waals surface area contributed by atoms with Gasteiger partial charge in [-0.3, -0.25) is 0 Å². The molecule has 3 aromatic rings. The fourth-order valence-electron chi connectivity index (χ4n) is 5.04. The van der Waals surface area contributed by atoms with Gasteiger partial charge in [0, 0.05) is 48.4 Å². The van der Waals surface area contributed by atoms with E-state index in [4.69, 9.17) is 32.0 Å². The predicted octanol–water partition coefficient (Wildman–Crippen LogP) is 4.97. The molecule has 0 spiro atoms. The molecule has 0 atom stereocenters. The lowest BCUT2D eigenvalue weighted by molar-refractivity contribution is -0.0254. The number of allylic oxidation sites excluding steroid dienone is 1. The lowest BCUT2D eigenvalue weighted by Gasteiger charge is -2.38. The standard InChI is InChI=1S/C29H31ClN4O4/c30-22-10-8-21(9-11-22)29(35)12-16-34(17-13-29)15-3-4-20-18-24-25(37-19-27(31)33-36)6-1-7-26(24)38-28-23(20)5-2-14-32-28/h1-2,4-11,14,35-36H,3,12-13,15-19H2,(H2,31,33). The number of aliphatic hydroxyl groups is 1. The monoisotopic (exact) mass is 534 g/mol. The summed E-state index contributed by atoms with van der Waals surface area (Å²) in [6.45, 7) is 2.48. The zero-order valence-electron chi connectivity index (χ0n) is 21.0. The van der Waals surface area contributed by atoms with Crippen molar-refractivity contribution in [3.05, 3.63) is 88.6 Å². The van der Waals surface area contributed by atoms with Gasteiger partial charge in [-0.2, -0.15) is 0 Å². The largest absolute Gasteiger partial charge is 0.485 e. The zero-order valence-corrected chi connectivity index (χ0v) is 21.8. The van der Waals surface area contributed by atoms with Gasteiger partial charge >= 0.3 is 0 Å². The van der Waals surface area contributed by atoms with Gasteiger partial charge in [0.1, 0.15) is 18.1 Å². The van der Waals surface area contributed by atoms with Gasteiger partial charge in [0.25, 0.3) is 0 Å². The maximum absolute atomic E-state index is 11.2. The van der Waals surface area contributed by atoms with Crippen LogP contribution in [-0.2, 0) is 12.0 Å². The highest BCUT2D eigenvalue weighted by molar-refractivity contribution is 6.30. The third kappa shape index (κ3) is 5.78. The van der Waals surface area contributed by atoms with Gasteiger partial charge in [-0.15, -0.1) is 0 Å². The van der Waals surface area contributed by atoms with Crippen LogP contribution in [0.25, 0.3) is 5.57 Å². The van der Waals surface area contributed by atoms with Crippen molar-refractivity contribution >= 4 is 23.0 Å². The van der Waals surface area contributed by atoms with E-state index in [2.05, 4.69) is 21.1 Å². The van der Waals surface area contributed by atoms with E-state index in [-0.39, 0.29) is 12.4 Å². The van der Waals surface area contributed by atoms with Crippen molar-refractivity contribution < 1.29 is 19.8 Å². The molecule has 5 rings (SSSR count). The summed E-state index contributed by atoms with van der Waals surface area (Å²) < 4.78 is 12.0. The topological polar surface area (TPSA) is 113 Å². The van der Waals surface area contributed by atoms with Crippen LogP contribution < -0.4 is 15.2 Å². The molecule has 0 bridgehead atoms. The molecule has 8 nitrogen and oxygen atoms in total. The zero-order chi connectivity index (χ0) is 26.5. The van der Waals surface area contributed by atoms with Crippen molar-refractivity contribution in [1.29, 1.82) is 0 Å². The van der Waals surface area contributed by atoms with Crippen LogP contribution in [0.1, 0.15) is 36.0 Å². The molecule has 1 aromatic heterocycles. The van der Waals surface area contributed by atoms with Gasteiger partial charge < -0.3 is 30.4 Å². The number of piperidine rings is 1. The molecule has 2 aliphatic rings. The van der Waals surface area contributed by atoms with Gasteiger partial charge in [-0.05, 0) is 66.8 Å². The number of ether oxygens (including phenoxy) is 2. The first-order valence-corrected chi connectivity index (χ1v) is 13.1. The Hall–Kier alpha value is -3.59. The minimum Gasteiger partial charge on any atom is -0.485 e. The van der Waals surface area contributed by atoms with Crippen LogP contribution in [0.3, 0.4) is 0 Å². The highest BCUT2D eigenvalue weighted by Gasteiger charge is 2.33. The second-order valence-electron chi connectivity index (χ2n) is 9.65. The average Bonchev–Trinajstić information content (AvgIpc) is 3.10. The molecule has 1 fully saturated rings. The lowest BCUT2D eigenvalue weighted by Crippen LogP contribution is -2.42. The third-order valence-electron chi connectivity index (χ3n) is 7.19. The van der Waals surface area contributed by atoms with Gasteiger partial charge in [0.15, 0.2) is 5.84 Å². The SMILES string of the molecule is NC(COc1cccc2c1CC(=CCCN1CCC(O)(c3ccc(Cl)cc3)CC1)c1cccnc1O2)=NO. The van der Waals surface area contributed by atoms with Crippen LogP contribution >= 0.6 is 11.6 Å². The Bertz CT molecular complexity index is 1330. The molecule has 0 radical (unpaired) electrons. The fourth-order valence-corrected chi connectivity index (χ4v) is 5.16. The number of benzene rings is 2. The minimum absolute atomic E-state index is 0.0117. The third-order valence-corrected chi connectivity index (χ3v) is 7.44. The van der Waals surface area contributed by atoms with Crippen molar-refractivity contribution in [2.75, 3.05) is 26.2 Å². The van der Waals surface area contributed by atoms with Crippen LogP contribution in [0.5, 0.6) is 17.4 Å². The Kier molecular flexibility index (Phi) is 7.83. The number of rotatable bonds is 7. The number of hydrogen-bond acceptors (Lipinski definition) is 7. The highest BCUT2D eigenvalue weighted by atomic mass is 35.5. The summed E-state index contributed by atoms with van der Waals surface area (Å²) in [7, 11) is 0. The van der Waals surface area contributed by atoms with Crippen LogP contribution in [0, 0.1) is 0 Å². The molecule has 9 heteroatoms. The highest BCUT2D eigenvalue weighted by Crippen LogP contribution is 2.41. The number of nitrogens with two attached hydrogens (primary N) is 1. The average molecular weight is 535 g/mol. The number of oxime groups is 1. The summed E-state index contributed by atoms with van der Waals surface area (Å²) in [6, 6.07) is 17.0. The van der Waals surface area contributed by atoms with Crippen molar-refractivity contribution in [2.45, 2.75) is 31.3 Å². The normalized spacial score (nSPS) is 18.3. The number of aromatic nitrogens is 1. The Morgan fingerprint density at radius 2 is 1.95 bits per heavy atom. The maximum atomic E-state index is 11.2. The Balaban J connectivity index is 1.29. The predicted molar refractivity (Wildman–Crippen MR) is 147 cm³/mol. The molecule has 2 aliphatic heterocycles. The second-order valence-corrected chi connectivity index (χ2v) is 10.1. The Morgan fingerprint density at radius 1 is 1.16 bits per heavy atom. The first kappa shape index (κ1) is 26.0. The summed E-state index contributed by atoms with van der Waals surface area (Å²) in [5, 5.41) is 23.7. The van der Waals surface area contributed by atoms with Gasteiger partial charge in [-0.1, -0.05) is 41.0 Å². The van der Waals surface area contributed by atoms with Gasteiger partial charge in [0.05, 0.1) is 5.60 Å². The van der Waals surface area contributed by atoms with E-state index in [9.17, 15) is 5.11 Å². The Labute approximate surface area is 227 Å². The molecule has 3 heterocycles. The van der Waals surface area contributed by atoms with Crippen LogP contribution in [0.4, 0.5) is 0 Å². The molecule has 4 N–H and O–H groups in total. The van der Waals surface area contributed by atoms with E-state index >= 15 is 0 Å². The molecule has 0 unspecified atom stereocenters. The smallest absolute Gasteiger partial charge is 0.226 e. The Morgan fingerprint density at radius 3 is 2.71 bits per heavy atom. The molecular formula is C29H31ClN4O4. The number of amidine groups is 1. The number of pyridine rings is 1. The molecular weight excluding hydrogens is 504 g/mol. The summed E-state index contributed by atoms with van der Waals surface area (Å²) >= 11 is 6.02. The van der Waals surface area contributed by atoms with E-state index in [1.54, 1.807) is 6.20 Å². The van der Waals surface area contributed by atoms with E-state index < -0.39 is 5.60 Å². The number of nitrogens with zero attached hydrogens (tertiary/aromatic N) is 3. The van der Waals surface area contributed by atoms with Crippen LogP contribution in [0.2, 0.25) is 5.02 Å². The summed E-state index contributed by atoms with van der Waals surface area (Å²) in [5.74, 6) is 1.83. The second kappa shape index (κ2) is 11.4. The molecule has 1 saturated heterocycles.